The summed E-state index contributed by atoms with van der Waals surface area (Å²) in [6.45, 7) is 2.07. The summed E-state index contributed by atoms with van der Waals surface area (Å²) >= 11 is 0. The Kier molecular flexibility index (Phi) is 5.79. The molecule has 5 rings (SSSR count). The molecule has 0 saturated heterocycles. The van der Waals surface area contributed by atoms with E-state index in [1.807, 2.05) is 0 Å². The molecule has 2 nitrogen and oxygen atoms in total. The van der Waals surface area contributed by atoms with Crippen molar-refractivity contribution in [3.8, 4) is 0 Å². The molecule has 31 heavy (non-hydrogen) atoms. The van der Waals surface area contributed by atoms with Gasteiger partial charge in [0.25, 0.3) is 0 Å². The van der Waals surface area contributed by atoms with Gasteiger partial charge in [-0.05, 0) is 36.5 Å². The Morgan fingerprint density at radius 3 is 1.94 bits per heavy atom. The largest absolute Gasteiger partial charge is 0.336 e. The summed E-state index contributed by atoms with van der Waals surface area (Å²) in [6, 6.07) is 32.7. The lowest BCUT2D eigenvalue weighted by atomic mass is 10.1. The highest BCUT2D eigenvalue weighted by atomic mass is 15.0. The van der Waals surface area contributed by atoms with Gasteiger partial charge in [-0.1, -0.05) is 78.9 Å². The van der Waals surface area contributed by atoms with E-state index in [0.29, 0.717) is 0 Å². The molecule has 5 aromatic rings. The van der Waals surface area contributed by atoms with Gasteiger partial charge in [0.2, 0.25) is 0 Å². The van der Waals surface area contributed by atoms with Crippen molar-refractivity contribution >= 4 is 21.8 Å². The first kappa shape index (κ1) is 19.6. The van der Waals surface area contributed by atoms with E-state index in [1.165, 1.54) is 32.9 Å². The molecule has 3 aromatic carbocycles. The van der Waals surface area contributed by atoms with Crippen molar-refractivity contribution in [3.05, 3.63) is 115 Å². The normalized spacial score (nSPS) is 11.4. The first-order valence-corrected chi connectivity index (χ1v) is 11.4. The summed E-state index contributed by atoms with van der Waals surface area (Å²) in [5.41, 5.74) is 5.52. The lowest BCUT2D eigenvalue weighted by Gasteiger charge is -2.07. The first-order chi connectivity index (χ1) is 15.4. The summed E-state index contributed by atoms with van der Waals surface area (Å²) in [5.74, 6) is 0. The molecule has 0 spiro atoms. The second-order valence-corrected chi connectivity index (χ2v) is 8.33. The fraction of sp³-hybridized carbons (Fsp3) is 0.207. The van der Waals surface area contributed by atoms with Crippen molar-refractivity contribution in [2.45, 2.75) is 38.8 Å². The Labute approximate surface area is 184 Å². The molecule has 0 atom stereocenters. The van der Waals surface area contributed by atoms with Crippen LogP contribution in [-0.4, -0.2) is 4.57 Å². The van der Waals surface area contributed by atoms with Crippen LogP contribution in [0, 0.1) is 0 Å². The van der Waals surface area contributed by atoms with Crippen LogP contribution in [0.4, 0.5) is 0 Å². The van der Waals surface area contributed by atoms with E-state index >= 15 is 0 Å². The maximum Gasteiger partial charge on any atom is 0.193 e. The molecule has 0 unspecified atom stereocenters. The van der Waals surface area contributed by atoms with Crippen LogP contribution in [0.25, 0.3) is 21.8 Å². The minimum Gasteiger partial charge on any atom is -0.336 e. The highest BCUT2D eigenvalue weighted by Gasteiger charge is 2.14. The number of aryl methyl sites for hydroxylation is 4. The summed E-state index contributed by atoms with van der Waals surface area (Å²) < 4.78 is 4.87. The Morgan fingerprint density at radius 2 is 1.19 bits per heavy atom. The zero-order valence-electron chi connectivity index (χ0n) is 18.0. The van der Waals surface area contributed by atoms with Crippen LogP contribution in [0.1, 0.15) is 24.0 Å². The quantitative estimate of drug-likeness (QED) is 0.266. The zero-order valence-corrected chi connectivity index (χ0v) is 18.0. The van der Waals surface area contributed by atoms with Crippen LogP contribution in [-0.2, 0) is 25.9 Å². The average Bonchev–Trinajstić information content (AvgIpc) is 3.14. The van der Waals surface area contributed by atoms with Gasteiger partial charge in [0.1, 0.15) is 12.1 Å². The molecule has 2 heteroatoms. The number of fused-ring (bicyclic) bond motifs is 3. The van der Waals surface area contributed by atoms with Gasteiger partial charge in [0.05, 0.1) is 0 Å². The predicted molar refractivity (Wildman–Crippen MR) is 129 cm³/mol. The monoisotopic (exact) mass is 405 g/mol. The molecule has 154 valence electrons. The van der Waals surface area contributed by atoms with E-state index in [1.54, 1.807) is 0 Å². The Bertz CT molecular complexity index is 1270. The van der Waals surface area contributed by atoms with Gasteiger partial charge >= 0.3 is 0 Å². The average molecular weight is 406 g/mol. The highest BCUT2D eigenvalue weighted by molar-refractivity contribution is 6.07. The minimum atomic E-state index is 1.03. The zero-order chi connectivity index (χ0) is 20.9. The summed E-state index contributed by atoms with van der Waals surface area (Å²) in [6.07, 6.45) is 9.11. The number of para-hydroxylation sites is 1. The number of aromatic nitrogens is 2. The number of nitrogens with zero attached hydrogens (tertiary/aromatic N) is 2. The summed E-state index contributed by atoms with van der Waals surface area (Å²) in [5, 5.41) is 2.71. The fourth-order valence-corrected chi connectivity index (χ4v) is 4.61. The van der Waals surface area contributed by atoms with E-state index in [9.17, 15) is 0 Å². The Balaban J connectivity index is 1.38. The van der Waals surface area contributed by atoms with Crippen molar-refractivity contribution in [1.82, 2.24) is 4.57 Å². The van der Waals surface area contributed by atoms with Crippen LogP contribution in [0.2, 0.25) is 0 Å². The van der Waals surface area contributed by atoms with E-state index in [4.69, 9.17) is 0 Å². The highest BCUT2D eigenvalue weighted by Crippen LogP contribution is 2.28. The van der Waals surface area contributed by atoms with E-state index in [0.717, 1.165) is 38.8 Å². The molecule has 0 bridgehead atoms. The third-order valence-corrected chi connectivity index (χ3v) is 6.19. The molecule has 0 N–H and O–H groups in total. The summed E-state index contributed by atoms with van der Waals surface area (Å²) in [7, 11) is 0. The van der Waals surface area contributed by atoms with Gasteiger partial charge in [-0.2, -0.15) is 0 Å². The SMILES string of the molecule is c1ccc(CCCn2c3ccccc3c3cc[n+](CCCc4ccccc4)cc32)cc1. The van der Waals surface area contributed by atoms with Crippen LogP contribution < -0.4 is 4.57 Å². The Morgan fingerprint density at radius 1 is 0.581 bits per heavy atom. The predicted octanol–water partition coefficient (Wildman–Crippen LogP) is 6.35. The molecule has 0 saturated carbocycles. The second-order valence-electron chi connectivity index (χ2n) is 8.33. The number of hydrogen-bond acceptors (Lipinski definition) is 0. The van der Waals surface area contributed by atoms with Gasteiger partial charge in [0, 0.05) is 35.3 Å². The van der Waals surface area contributed by atoms with Gasteiger partial charge in [0.15, 0.2) is 12.4 Å². The number of benzene rings is 3. The van der Waals surface area contributed by atoms with E-state index < -0.39 is 0 Å². The van der Waals surface area contributed by atoms with Crippen molar-refractivity contribution in [2.75, 3.05) is 0 Å². The maximum atomic E-state index is 2.52. The van der Waals surface area contributed by atoms with Crippen LogP contribution in [0.3, 0.4) is 0 Å². The number of rotatable bonds is 8. The van der Waals surface area contributed by atoms with Crippen molar-refractivity contribution in [3.63, 3.8) is 0 Å². The first-order valence-electron chi connectivity index (χ1n) is 11.4. The molecule has 2 heterocycles. The van der Waals surface area contributed by atoms with Crippen LogP contribution in [0.5, 0.6) is 0 Å². The van der Waals surface area contributed by atoms with Crippen molar-refractivity contribution in [2.24, 2.45) is 0 Å². The van der Waals surface area contributed by atoms with Crippen LogP contribution >= 0.6 is 0 Å². The topological polar surface area (TPSA) is 8.81 Å². The molecule has 0 amide bonds. The maximum absolute atomic E-state index is 2.52. The third kappa shape index (κ3) is 4.39. The standard InChI is InChI=1S/C29H29N2/c1-3-11-24(12-4-1)15-9-20-30-22-19-27-26-17-7-8-18-28(26)31(29(27)23-30)21-10-16-25-13-5-2-6-14-25/h1-8,11-14,17-19,22-23H,9-10,15-16,20-21H2/q+1. The lowest BCUT2D eigenvalue weighted by molar-refractivity contribution is -0.696. The molecule has 0 aliphatic carbocycles. The molecule has 0 radical (unpaired) electrons. The van der Waals surface area contributed by atoms with Crippen molar-refractivity contribution in [1.29, 1.82) is 0 Å². The van der Waals surface area contributed by atoms with Crippen molar-refractivity contribution < 1.29 is 4.57 Å². The minimum absolute atomic E-state index is 1.03. The molecule has 0 aliphatic heterocycles. The molecule has 2 aromatic heterocycles. The lowest BCUT2D eigenvalue weighted by Crippen LogP contribution is -2.33. The second kappa shape index (κ2) is 9.18. The van der Waals surface area contributed by atoms with Gasteiger partial charge < -0.3 is 4.57 Å². The fourth-order valence-electron chi connectivity index (χ4n) is 4.61. The summed E-state index contributed by atoms with van der Waals surface area (Å²) in [4.78, 5) is 0. The van der Waals surface area contributed by atoms with Crippen LogP contribution in [0.15, 0.2) is 103 Å². The van der Waals surface area contributed by atoms with E-state index in [-0.39, 0.29) is 0 Å². The van der Waals surface area contributed by atoms with E-state index in [2.05, 4.69) is 113 Å². The third-order valence-electron chi connectivity index (χ3n) is 6.19. The molecule has 0 aliphatic rings. The van der Waals surface area contributed by atoms with Gasteiger partial charge in [-0.3, -0.25) is 0 Å². The van der Waals surface area contributed by atoms with Gasteiger partial charge in [-0.15, -0.1) is 0 Å². The number of pyridine rings is 1. The Hall–Kier alpha value is -3.39. The molecular weight excluding hydrogens is 376 g/mol. The molecular formula is C29H29N2+. The van der Waals surface area contributed by atoms with Gasteiger partial charge in [-0.25, -0.2) is 4.57 Å². The number of hydrogen-bond donors (Lipinski definition) is 0. The molecule has 0 fully saturated rings. The smallest absolute Gasteiger partial charge is 0.193 e.